The quantitative estimate of drug-likeness (QED) is 0.806. The average molecular weight is 228 g/mol. The molecule has 2 rings (SSSR count). The van der Waals surface area contributed by atoms with Crippen molar-refractivity contribution in [1.82, 2.24) is 15.3 Å². The van der Waals surface area contributed by atoms with Crippen LogP contribution in [0.25, 0.3) is 0 Å². The molecule has 1 atom stereocenters. The lowest BCUT2D eigenvalue weighted by molar-refractivity contribution is 0.0924. The number of nitrogens with zero attached hydrogens (tertiary/aromatic N) is 2. The molecule has 1 unspecified atom stereocenters. The predicted molar refractivity (Wildman–Crippen MR) is 53.7 cm³/mol. The van der Waals surface area contributed by atoms with E-state index < -0.39 is 0 Å². The number of hydrogen-bond donors (Lipinski definition) is 1. The van der Waals surface area contributed by atoms with E-state index in [1.54, 1.807) is 0 Å². The van der Waals surface area contributed by atoms with E-state index in [-0.39, 0.29) is 22.8 Å². The van der Waals surface area contributed by atoms with Crippen molar-refractivity contribution in [3.8, 4) is 0 Å². The maximum atomic E-state index is 11.6. The smallest absolute Gasteiger partial charge is 0.271 e. The second kappa shape index (κ2) is 4.55. The van der Waals surface area contributed by atoms with E-state index in [1.807, 2.05) is 0 Å². The van der Waals surface area contributed by atoms with Crippen molar-refractivity contribution in [1.29, 1.82) is 0 Å². The van der Waals surface area contributed by atoms with Crippen LogP contribution in [-0.4, -0.2) is 35.1 Å². The van der Waals surface area contributed by atoms with Gasteiger partial charge in [0, 0.05) is 6.61 Å². The standard InChI is InChI=1S/C9H10ClN3O2/c10-8-4-11-7(3-12-8)9(14)13-6-1-2-15-5-6/h3-4,6H,1-2,5H2,(H,13,14). The summed E-state index contributed by atoms with van der Waals surface area (Å²) in [5, 5.41) is 3.08. The van der Waals surface area contributed by atoms with E-state index in [2.05, 4.69) is 15.3 Å². The zero-order valence-corrected chi connectivity index (χ0v) is 8.70. The second-order valence-corrected chi connectivity index (χ2v) is 3.65. The van der Waals surface area contributed by atoms with Crippen molar-refractivity contribution in [2.45, 2.75) is 12.5 Å². The van der Waals surface area contributed by atoms with Crippen LogP contribution in [0.5, 0.6) is 0 Å². The summed E-state index contributed by atoms with van der Waals surface area (Å²) in [6.07, 6.45) is 3.54. The van der Waals surface area contributed by atoms with Gasteiger partial charge >= 0.3 is 0 Å². The Kier molecular flexibility index (Phi) is 3.13. The molecule has 0 aromatic carbocycles. The molecule has 0 bridgehead atoms. The summed E-state index contributed by atoms with van der Waals surface area (Å²) in [5.74, 6) is -0.241. The highest BCUT2D eigenvalue weighted by atomic mass is 35.5. The zero-order chi connectivity index (χ0) is 10.7. The minimum Gasteiger partial charge on any atom is -0.379 e. The molecule has 1 aromatic rings. The molecular weight excluding hydrogens is 218 g/mol. The van der Waals surface area contributed by atoms with Gasteiger partial charge in [-0.1, -0.05) is 11.6 Å². The van der Waals surface area contributed by atoms with Gasteiger partial charge in [0.05, 0.1) is 25.0 Å². The molecule has 1 aliphatic heterocycles. The first-order chi connectivity index (χ1) is 7.25. The average Bonchev–Trinajstić information content (AvgIpc) is 2.71. The Labute approximate surface area is 91.8 Å². The van der Waals surface area contributed by atoms with Gasteiger partial charge in [-0.3, -0.25) is 4.79 Å². The normalized spacial score (nSPS) is 20.2. The molecule has 1 saturated heterocycles. The Morgan fingerprint density at radius 1 is 1.53 bits per heavy atom. The van der Waals surface area contributed by atoms with E-state index >= 15 is 0 Å². The van der Waals surface area contributed by atoms with Crippen LogP contribution < -0.4 is 5.32 Å². The molecule has 6 heteroatoms. The van der Waals surface area contributed by atoms with Gasteiger partial charge in [-0.2, -0.15) is 0 Å². The Morgan fingerprint density at radius 3 is 3.00 bits per heavy atom. The number of ether oxygens (including phenoxy) is 1. The van der Waals surface area contributed by atoms with Gasteiger partial charge in [-0.15, -0.1) is 0 Å². The summed E-state index contributed by atoms with van der Waals surface area (Å²) in [5.41, 5.74) is 0.270. The first-order valence-corrected chi connectivity index (χ1v) is 4.99. The van der Waals surface area contributed by atoms with Gasteiger partial charge in [-0.05, 0) is 6.42 Å². The van der Waals surface area contributed by atoms with E-state index in [1.165, 1.54) is 12.4 Å². The van der Waals surface area contributed by atoms with Crippen LogP contribution in [0.4, 0.5) is 0 Å². The lowest BCUT2D eigenvalue weighted by atomic mass is 10.2. The number of amides is 1. The molecular formula is C9H10ClN3O2. The first-order valence-electron chi connectivity index (χ1n) is 4.62. The Hall–Kier alpha value is -1.20. The molecule has 2 heterocycles. The summed E-state index contributed by atoms with van der Waals surface area (Å²) in [6, 6.07) is 0.0787. The van der Waals surface area contributed by atoms with E-state index in [9.17, 15) is 4.79 Å². The number of hydrogen-bond acceptors (Lipinski definition) is 4. The molecule has 15 heavy (non-hydrogen) atoms. The lowest BCUT2D eigenvalue weighted by Crippen LogP contribution is -2.35. The molecule has 1 aromatic heterocycles. The number of carbonyl (C=O) groups excluding carboxylic acids is 1. The Morgan fingerprint density at radius 2 is 2.40 bits per heavy atom. The minimum absolute atomic E-state index is 0.0787. The highest BCUT2D eigenvalue weighted by Crippen LogP contribution is 2.05. The van der Waals surface area contributed by atoms with Crippen molar-refractivity contribution in [3.05, 3.63) is 23.2 Å². The summed E-state index contributed by atoms with van der Waals surface area (Å²) in [4.78, 5) is 19.3. The third kappa shape index (κ3) is 2.64. The van der Waals surface area contributed by atoms with Gasteiger partial charge in [-0.25, -0.2) is 9.97 Å². The molecule has 1 aliphatic rings. The lowest BCUT2D eigenvalue weighted by Gasteiger charge is -2.09. The molecule has 0 spiro atoms. The SMILES string of the molecule is O=C(NC1CCOC1)c1cnc(Cl)cn1. The van der Waals surface area contributed by atoms with Crippen molar-refractivity contribution < 1.29 is 9.53 Å². The third-order valence-corrected chi connectivity index (χ3v) is 2.31. The van der Waals surface area contributed by atoms with Gasteiger partial charge < -0.3 is 10.1 Å². The van der Waals surface area contributed by atoms with Crippen LogP contribution in [0, 0.1) is 0 Å². The van der Waals surface area contributed by atoms with Crippen LogP contribution >= 0.6 is 11.6 Å². The molecule has 80 valence electrons. The topological polar surface area (TPSA) is 64.1 Å². The molecule has 0 aliphatic carbocycles. The summed E-state index contributed by atoms with van der Waals surface area (Å²) in [7, 11) is 0. The van der Waals surface area contributed by atoms with Gasteiger partial charge in [0.25, 0.3) is 5.91 Å². The first kappa shape index (κ1) is 10.3. The molecule has 0 radical (unpaired) electrons. The molecule has 1 fully saturated rings. The fourth-order valence-corrected chi connectivity index (χ4v) is 1.43. The van der Waals surface area contributed by atoms with Crippen molar-refractivity contribution in [2.75, 3.05) is 13.2 Å². The molecule has 0 saturated carbocycles. The van der Waals surface area contributed by atoms with Crippen molar-refractivity contribution in [2.24, 2.45) is 0 Å². The number of aromatic nitrogens is 2. The van der Waals surface area contributed by atoms with Crippen LogP contribution in [0.1, 0.15) is 16.9 Å². The second-order valence-electron chi connectivity index (χ2n) is 3.26. The third-order valence-electron chi connectivity index (χ3n) is 2.12. The maximum Gasteiger partial charge on any atom is 0.271 e. The fraction of sp³-hybridized carbons (Fsp3) is 0.444. The number of nitrogens with one attached hydrogen (secondary N) is 1. The highest BCUT2D eigenvalue weighted by molar-refractivity contribution is 6.29. The summed E-state index contributed by atoms with van der Waals surface area (Å²) < 4.78 is 5.14. The number of rotatable bonds is 2. The van der Waals surface area contributed by atoms with Gasteiger partial charge in [0.1, 0.15) is 10.8 Å². The zero-order valence-electron chi connectivity index (χ0n) is 7.94. The van der Waals surface area contributed by atoms with Crippen LogP contribution in [0.3, 0.4) is 0 Å². The summed E-state index contributed by atoms with van der Waals surface area (Å²) in [6.45, 7) is 1.25. The van der Waals surface area contributed by atoms with Crippen molar-refractivity contribution >= 4 is 17.5 Å². The minimum atomic E-state index is -0.241. The van der Waals surface area contributed by atoms with Crippen LogP contribution in [0.15, 0.2) is 12.4 Å². The van der Waals surface area contributed by atoms with E-state index in [0.29, 0.717) is 13.2 Å². The highest BCUT2D eigenvalue weighted by Gasteiger charge is 2.19. The van der Waals surface area contributed by atoms with Gasteiger partial charge in [0.2, 0.25) is 0 Å². The van der Waals surface area contributed by atoms with Gasteiger partial charge in [0.15, 0.2) is 0 Å². The number of halogens is 1. The van der Waals surface area contributed by atoms with Crippen molar-refractivity contribution in [3.63, 3.8) is 0 Å². The largest absolute Gasteiger partial charge is 0.379 e. The molecule has 5 nitrogen and oxygen atoms in total. The monoisotopic (exact) mass is 227 g/mol. The van der Waals surface area contributed by atoms with Crippen LogP contribution in [0.2, 0.25) is 5.15 Å². The Balaban J connectivity index is 1.98. The van der Waals surface area contributed by atoms with E-state index in [4.69, 9.17) is 16.3 Å². The summed E-state index contributed by atoms with van der Waals surface area (Å²) >= 11 is 5.56. The fourth-order valence-electron chi connectivity index (χ4n) is 1.34. The molecule has 1 amide bonds. The predicted octanol–water partition coefficient (Wildman–Crippen LogP) is 0.649. The maximum absolute atomic E-state index is 11.6. The number of carbonyl (C=O) groups is 1. The van der Waals surface area contributed by atoms with Crippen LogP contribution in [-0.2, 0) is 4.74 Å². The van der Waals surface area contributed by atoms with E-state index in [0.717, 1.165) is 6.42 Å². The Bertz CT molecular complexity index is 349. The molecule has 1 N–H and O–H groups in total.